The molecule has 4 nitrogen and oxygen atoms in total. The Balaban J connectivity index is 2.98. The molecule has 5 heteroatoms. The van der Waals surface area contributed by atoms with Crippen LogP contribution in [0, 0.1) is 6.61 Å². The van der Waals surface area contributed by atoms with Gasteiger partial charge >= 0.3 is 0 Å². The summed E-state index contributed by atoms with van der Waals surface area (Å²) in [6.45, 7) is 4.30. The van der Waals surface area contributed by atoms with E-state index in [9.17, 15) is 8.42 Å². The Labute approximate surface area is 83.1 Å². The van der Waals surface area contributed by atoms with Gasteiger partial charge in [0.05, 0.1) is 4.90 Å². The summed E-state index contributed by atoms with van der Waals surface area (Å²) in [5.41, 5.74) is 5.80. The number of nitrogens with two attached hydrogens (primary N) is 1. The normalized spacial score (nSPS) is 11.1. The van der Waals surface area contributed by atoms with Crippen LogP contribution in [0.25, 0.3) is 0 Å². The predicted molar refractivity (Wildman–Crippen MR) is 53.6 cm³/mol. The first-order valence-corrected chi connectivity index (χ1v) is 5.20. The van der Waals surface area contributed by atoms with Crippen molar-refractivity contribution in [1.82, 2.24) is 0 Å². The minimum atomic E-state index is -3.75. The van der Waals surface area contributed by atoms with Crippen molar-refractivity contribution in [3.8, 4) is 0 Å². The van der Waals surface area contributed by atoms with Crippen LogP contribution in [0.3, 0.4) is 0 Å². The Morgan fingerprint density at radius 1 is 1.43 bits per heavy atom. The Bertz CT molecular complexity index is 425. The van der Waals surface area contributed by atoms with Crippen LogP contribution >= 0.6 is 0 Å². The lowest BCUT2D eigenvalue weighted by molar-refractivity contribution is 0.412. The van der Waals surface area contributed by atoms with Crippen LogP contribution < -0.4 is 5.73 Å². The summed E-state index contributed by atoms with van der Waals surface area (Å²) >= 11 is 0. The van der Waals surface area contributed by atoms with Gasteiger partial charge in [0.1, 0.15) is 6.61 Å². The zero-order valence-electron chi connectivity index (χ0n) is 7.38. The average molecular weight is 212 g/mol. The highest BCUT2D eigenvalue weighted by molar-refractivity contribution is 7.86. The van der Waals surface area contributed by atoms with Crippen LogP contribution in [-0.4, -0.2) is 8.42 Å². The van der Waals surface area contributed by atoms with Crippen molar-refractivity contribution in [3.05, 3.63) is 43.5 Å². The Morgan fingerprint density at radius 3 is 2.71 bits per heavy atom. The minimum absolute atomic E-state index is 0.0237. The SMILES string of the molecule is C=C[CH]OS(=O)(=O)c1cccc(N)c1. The van der Waals surface area contributed by atoms with E-state index in [0.29, 0.717) is 5.69 Å². The second-order valence-electron chi connectivity index (χ2n) is 2.49. The molecule has 0 saturated carbocycles. The van der Waals surface area contributed by atoms with Crippen LogP contribution in [0.5, 0.6) is 0 Å². The van der Waals surface area contributed by atoms with Crippen LogP contribution in [-0.2, 0) is 14.3 Å². The lowest BCUT2D eigenvalue weighted by Gasteiger charge is -2.03. The topological polar surface area (TPSA) is 69.4 Å². The van der Waals surface area contributed by atoms with Gasteiger partial charge in [-0.05, 0) is 18.2 Å². The molecule has 0 spiro atoms. The van der Waals surface area contributed by atoms with Gasteiger partial charge in [-0.1, -0.05) is 12.1 Å². The molecule has 0 aromatic heterocycles. The third-order valence-electron chi connectivity index (χ3n) is 1.43. The summed E-state index contributed by atoms with van der Waals surface area (Å²) in [5, 5.41) is 0. The fourth-order valence-electron chi connectivity index (χ4n) is 0.838. The quantitative estimate of drug-likeness (QED) is 0.603. The predicted octanol–water partition coefficient (Wildman–Crippen LogP) is 1.32. The van der Waals surface area contributed by atoms with E-state index < -0.39 is 10.1 Å². The molecule has 2 N–H and O–H groups in total. The van der Waals surface area contributed by atoms with Gasteiger partial charge in [-0.3, -0.25) is 4.18 Å². The van der Waals surface area contributed by atoms with Gasteiger partial charge in [0.15, 0.2) is 0 Å². The van der Waals surface area contributed by atoms with Gasteiger partial charge in [0.25, 0.3) is 10.1 Å². The van der Waals surface area contributed by atoms with E-state index in [1.165, 1.54) is 18.2 Å². The summed E-state index contributed by atoms with van der Waals surface area (Å²) in [5.74, 6) is 0. The van der Waals surface area contributed by atoms with E-state index in [2.05, 4.69) is 10.8 Å². The molecule has 1 aromatic rings. The molecule has 0 aliphatic heterocycles. The molecule has 14 heavy (non-hydrogen) atoms. The first kappa shape index (κ1) is 10.7. The molecule has 0 aliphatic rings. The van der Waals surface area contributed by atoms with E-state index in [4.69, 9.17) is 5.73 Å². The third-order valence-corrected chi connectivity index (χ3v) is 2.62. The number of nitrogen functional groups attached to an aromatic ring is 1. The third kappa shape index (κ3) is 2.58. The summed E-state index contributed by atoms with van der Waals surface area (Å²) in [6, 6.07) is 5.87. The molecule has 0 bridgehead atoms. The summed E-state index contributed by atoms with van der Waals surface area (Å²) in [4.78, 5) is 0.0237. The van der Waals surface area contributed by atoms with Gasteiger partial charge < -0.3 is 5.73 Å². The number of rotatable bonds is 4. The molecule has 0 unspecified atom stereocenters. The second kappa shape index (κ2) is 4.26. The lowest BCUT2D eigenvalue weighted by Crippen LogP contribution is -2.04. The van der Waals surface area contributed by atoms with Gasteiger partial charge in [-0.2, -0.15) is 8.42 Å². The first-order valence-electron chi connectivity index (χ1n) is 3.79. The zero-order chi connectivity index (χ0) is 10.6. The van der Waals surface area contributed by atoms with Crippen molar-refractivity contribution in [2.75, 3.05) is 5.73 Å². The van der Waals surface area contributed by atoms with E-state index in [1.54, 1.807) is 12.1 Å². The lowest BCUT2D eigenvalue weighted by atomic mass is 10.3. The maximum absolute atomic E-state index is 11.4. The second-order valence-corrected chi connectivity index (χ2v) is 4.07. The largest absolute Gasteiger partial charge is 0.399 e. The van der Waals surface area contributed by atoms with Crippen molar-refractivity contribution in [2.45, 2.75) is 4.90 Å². The number of benzene rings is 1. The maximum Gasteiger partial charge on any atom is 0.297 e. The molecule has 0 saturated heterocycles. The summed E-state index contributed by atoms with van der Waals surface area (Å²) in [7, 11) is -3.75. The van der Waals surface area contributed by atoms with Crippen LogP contribution in [0.15, 0.2) is 41.8 Å². The van der Waals surface area contributed by atoms with E-state index in [-0.39, 0.29) is 4.90 Å². The highest BCUT2D eigenvalue weighted by Crippen LogP contribution is 2.15. The van der Waals surface area contributed by atoms with Crippen molar-refractivity contribution in [1.29, 1.82) is 0 Å². The van der Waals surface area contributed by atoms with Gasteiger partial charge in [0, 0.05) is 5.69 Å². The molecule has 1 rings (SSSR count). The standard InChI is InChI=1S/C9H10NO3S/c1-2-6-13-14(11,12)9-5-3-4-8(10)7-9/h2-7H,1,10H2. The Kier molecular flexibility index (Phi) is 3.27. The Hall–Kier alpha value is -1.33. The average Bonchev–Trinajstić information content (AvgIpc) is 2.15. The molecule has 0 amide bonds. The van der Waals surface area contributed by atoms with Gasteiger partial charge in [0.2, 0.25) is 0 Å². The Morgan fingerprint density at radius 2 is 2.14 bits per heavy atom. The number of anilines is 1. The van der Waals surface area contributed by atoms with Crippen LogP contribution in [0.4, 0.5) is 5.69 Å². The van der Waals surface area contributed by atoms with E-state index >= 15 is 0 Å². The number of hydrogen-bond acceptors (Lipinski definition) is 4. The molecule has 0 fully saturated rings. The molecule has 75 valence electrons. The minimum Gasteiger partial charge on any atom is -0.399 e. The fourth-order valence-corrected chi connectivity index (χ4v) is 1.70. The number of hydrogen-bond donors (Lipinski definition) is 1. The molecular weight excluding hydrogens is 202 g/mol. The molecule has 1 aromatic carbocycles. The summed E-state index contributed by atoms with van der Waals surface area (Å²) in [6.07, 6.45) is 1.24. The smallest absolute Gasteiger partial charge is 0.297 e. The van der Waals surface area contributed by atoms with E-state index in [0.717, 1.165) is 6.61 Å². The van der Waals surface area contributed by atoms with Crippen molar-refractivity contribution in [2.24, 2.45) is 0 Å². The van der Waals surface area contributed by atoms with Crippen LogP contribution in [0.2, 0.25) is 0 Å². The maximum atomic E-state index is 11.4. The van der Waals surface area contributed by atoms with Gasteiger partial charge in [-0.15, -0.1) is 6.58 Å². The first-order chi connectivity index (χ1) is 6.56. The highest BCUT2D eigenvalue weighted by Gasteiger charge is 2.14. The van der Waals surface area contributed by atoms with Crippen molar-refractivity contribution in [3.63, 3.8) is 0 Å². The van der Waals surface area contributed by atoms with Gasteiger partial charge in [-0.25, -0.2) is 0 Å². The molecule has 0 atom stereocenters. The molecule has 0 aliphatic carbocycles. The highest BCUT2D eigenvalue weighted by atomic mass is 32.2. The van der Waals surface area contributed by atoms with Crippen molar-refractivity contribution < 1.29 is 12.6 Å². The van der Waals surface area contributed by atoms with E-state index in [1.807, 2.05) is 0 Å². The summed E-state index contributed by atoms with van der Waals surface area (Å²) < 4.78 is 27.3. The fraction of sp³-hybridized carbons (Fsp3) is 0. The molecular formula is C9H10NO3S. The molecule has 1 radical (unpaired) electrons. The molecule has 0 heterocycles. The zero-order valence-corrected chi connectivity index (χ0v) is 8.20. The van der Waals surface area contributed by atoms with Crippen LogP contribution in [0.1, 0.15) is 0 Å². The monoisotopic (exact) mass is 212 g/mol. The van der Waals surface area contributed by atoms with Crippen molar-refractivity contribution >= 4 is 15.8 Å².